The summed E-state index contributed by atoms with van der Waals surface area (Å²) < 4.78 is 39.0. The van der Waals surface area contributed by atoms with Crippen molar-refractivity contribution in [1.82, 2.24) is 9.80 Å². The van der Waals surface area contributed by atoms with Crippen molar-refractivity contribution in [3.63, 3.8) is 0 Å². The quantitative estimate of drug-likeness (QED) is 0.594. The van der Waals surface area contributed by atoms with Crippen molar-refractivity contribution in [1.29, 1.82) is 0 Å². The van der Waals surface area contributed by atoms with Crippen LogP contribution in [0.15, 0.2) is 24.3 Å². The summed E-state index contributed by atoms with van der Waals surface area (Å²) in [5, 5.41) is 17.2. The molecule has 0 bridgehead atoms. The fourth-order valence-corrected chi connectivity index (χ4v) is 3.96. The molecular weight excluding hydrogens is 431 g/mol. The minimum absolute atomic E-state index is 0.138. The standard InChI is InChI=1S/C19H26F3N3O.C2H2O4/c20-19(21,22)16-6-2-3-7-17(16)23-18(26)14-24-12-8-15(9-13-24)25-10-4-1-5-11-25;3-1(4)2(5)6/h2-3,6-7,15H,1,4-5,8-14H2,(H,23,26);(H,3,4)(H,5,6). The van der Waals surface area contributed by atoms with E-state index in [0.717, 1.165) is 32.0 Å². The second-order valence-corrected chi connectivity index (χ2v) is 7.81. The first-order valence-electron chi connectivity index (χ1n) is 10.5. The number of likely N-dealkylation sites (tertiary alicyclic amines) is 2. The number of carboxylic acids is 2. The van der Waals surface area contributed by atoms with E-state index < -0.39 is 29.6 Å². The number of halogens is 3. The number of alkyl halides is 3. The number of piperidine rings is 2. The molecular formula is C21H28F3N3O5. The Kier molecular flexibility index (Phi) is 9.45. The maximum Gasteiger partial charge on any atom is 0.418 e. The fraction of sp³-hybridized carbons (Fsp3) is 0.571. The van der Waals surface area contributed by atoms with Gasteiger partial charge in [-0.05, 0) is 50.9 Å². The molecule has 2 saturated heterocycles. The first kappa shape index (κ1) is 25.6. The zero-order valence-corrected chi connectivity index (χ0v) is 17.6. The number of carboxylic acid groups (broad SMARTS) is 2. The molecule has 2 fully saturated rings. The van der Waals surface area contributed by atoms with Crippen LogP contribution in [0, 0.1) is 0 Å². The number of anilines is 1. The second-order valence-electron chi connectivity index (χ2n) is 7.81. The summed E-state index contributed by atoms with van der Waals surface area (Å²) >= 11 is 0. The Balaban J connectivity index is 0.000000534. The van der Waals surface area contributed by atoms with Crippen LogP contribution >= 0.6 is 0 Å². The number of para-hydroxylation sites is 1. The fourth-order valence-electron chi connectivity index (χ4n) is 3.96. The van der Waals surface area contributed by atoms with Crippen molar-refractivity contribution in [2.24, 2.45) is 0 Å². The van der Waals surface area contributed by atoms with Gasteiger partial charge in [0.25, 0.3) is 0 Å². The van der Waals surface area contributed by atoms with Crippen molar-refractivity contribution in [2.75, 3.05) is 38.0 Å². The SMILES string of the molecule is O=C(CN1CCC(N2CCCCC2)CC1)Nc1ccccc1C(F)(F)F.O=C(O)C(=O)O. The number of carbonyl (C=O) groups is 3. The molecule has 0 spiro atoms. The highest BCUT2D eigenvalue weighted by Crippen LogP contribution is 2.34. The maximum atomic E-state index is 13.0. The van der Waals surface area contributed by atoms with E-state index in [4.69, 9.17) is 19.8 Å². The molecule has 0 aromatic heterocycles. The van der Waals surface area contributed by atoms with E-state index in [9.17, 15) is 18.0 Å². The molecule has 0 aliphatic carbocycles. The van der Waals surface area contributed by atoms with E-state index in [2.05, 4.69) is 10.2 Å². The molecule has 11 heteroatoms. The molecule has 0 unspecified atom stereocenters. The lowest BCUT2D eigenvalue weighted by Gasteiger charge is -2.40. The topological polar surface area (TPSA) is 110 Å². The number of hydrogen-bond donors (Lipinski definition) is 3. The molecule has 2 aliphatic rings. The number of nitrogens with zero attached hydrogens (tertiary/aromatic N) is 2. The number of rotatable bonds is 4. The minimum atomic E-state index is -4.48. The van der Waals surface area contributed by atoms with Crippen molar-refractivity contribution in [3.8, 4) is 0 Å². The highest BCUT2D eigenvalue weighted by atomic mass is 19.4. The van der Waals surface area contributed by atoms with Crippen LogP contribution in [0.2, 0.25) is 0 Å². The van der Waals surface area contributed by atoms with Crippen LogP contribution in [-0.4, -0.2) is 76.6 Å². The third kappa shape index (κ3) is 8.12. The third-order valence-corrected chi connectivity index (χ3v) is 5.52. The van der Waals surface area contributed by atoms with Crippen molar-refractivity contribution < 1.29 is 37.8 Å². The van der Waals surface area contributed by atoms with Crippen molar-refractivity contribution in [2.45, 2.75) is 44.3 Å². The van der Waals surface area contributed by atoms with Gasteiger partial charge in [0.05, 0.1) is 17.8 Å². The number of amides is 1. The average Bonchev–Trinajstić information content (AvgIpc) is 2.75. The van der Waals surface area contributed by atoms with E-state index in [1.165, 1.54) is 50.6 Å². The number of hydrogen-bond acceptors (Lipinski definition) is 5. The van der Waals surface area contributed by atoms with Gasteiger partial charge in [0.1, 0.15) is 0 Å². The molecule has 32 heavy (non-hydrogen) atoms. The van der Waals surface area contributed by atoms with Gasteiger partial charge >= 0.3 is 18.1 Å². The summed E-state index contributed by atoms with van der Waals surface area (Å²) in [6.07, 6.45) is 1.41. The van der Waals surface area contributed by atoms with Gasteiger partial charge in [-0.3, -0.25) is 9.69 Å². The Bertz CT molecular complexity index is 777. The highest BCUT2D eigenvalue weighted by molar-refractivity contribution is 6.27. The molecule has 0 radical (unpaired) electrons. The summed E-state index contributed by atoms with van der Waals surface area (Å²) in [5.41, 5.74) is -0.981. The molecule has 1 amide bonds. The lowest BCUT2D eigenvalue weighted by atomic mass is 10.00. The van der Waals surface area contributed by atoms with Crippen LogP contribution < -0.4 is 5.32 Å². The molecule has 3 rings (SSSR count). The van der Waals surface area contributed by atoms with Crippen LogP contribution in [0.4, 0.5) is 18.9 Å². The number of aliphatic carboxylic acids is 2. The van der Waals surface area contributed by atoms with Gasteiger partial charge in [-0.25, -0.2) is 9.59 Å². The number of nitrogens with one attached hydrogen (secondary N) is 1. The Morgan fingerprint density at radius 1 is 0.938 bits per heavy atom. The third-order valence-electron chi connectivity index (χ3n) is 5.52. The van der Waals surface area contributed by atoms with Gasteiger partial charge in [-0.15, -0.1) is 0 Å². The van der Waals surface area contributed by atoms with Gasteiger partial charge in [-0.1, -0.05) is 18.6 Å². The Labute approximate surface area is 184 Å². The highest BCUT2D eigenvalue weighted by Gasteiger charge is 2.34. The lowest BCUT2D eigenvalue weighted by molar-refractivity contribution is -0.159. The Hall–Kier alpha value is -2.66. The first-order valence-corrected chi connectivity index (χ1v) is 10.5. The van der Waals surface area contributed by atoms with Crippen LogP contribution in [0.3, 0.4) is 0 Å². The van der Waals surface area contributed by atoms with Crippen LogP contribution in [0.5, 0.6) is 0 Å². The zero-order valence-electron chi connectivity index (χ0n) is 17.6. The van der Waals surface area contributed by atoms with Crippen LogP contribution in [0.1, 0.15) is 37.7 Å². The largest absolute Gasteiger partial charge is 0.473 e. The molecule has 1 aromatic carbocycles. The van der Waals surface area contributed by atoms with Crippen molar-refractivity contribution in [3.05, 3.63) is 29.8 Å². The normalized spacial score (nSPS) is 18.3. The Morgan fingerprint density at radius 3 is 2.03 bits per heavy atom. The predicted octanol–water partition coefficient (Wildman–Crippen LogP) is 2.75. The van der Waals surface area contributed by atoms with E-state index in [1.807, 2.05) is 4.90 Å². The maximum absolute atomic E-state index is 13.0. The molecule has 3 N–H and O–H groups in total. The molecule has 8 nitrogen and oxygen atoms in total. The smallest absolute Gasteiger partial charge is 0.418 e. The van der Waals surface area contributed by atoms with Gasteiger partial charge in [0.2, 0.25) is 5.91 Å². The Morgan fingerprint density at radius 2 is 1.50 bits per heavy atom. The van der Waals surface area contributed by atoms with E-state index in [0.29, 0.717) is 6.04 Å². The second kappa shape index (κ2) is 11.8. The minimum Gasteiger partial charge on any atom is -0.473 e. The van der Waals surface area contributed by atoms with E-state index in [1.54, 1.807) is 0 Å². The molecule has 2 aliphatic heterocycles. The molecule has 1 aromatic rings. The van der Waals surface area contributed by atoms with Gasteiger partial charge in [0, 0.05) is 19.1 Å². The average molecular weight is 459 g/mol. The molecule has 2 heterocycles. The summed E-state index contributed by atoms with van der Waals surface area (Å²) in [7, 11) is 0. The van der Waals surface area contributed by atoms with E-state index in [-0.39, 0.29) is 12.2 Å². The molecule has 0 saturated carbocycles. The van der Waals surface area contributed by atoms with E-state index >= 15 is 0 Å². The predicted molar refractivity (Wildman–Crippen MR) is 110 cm³/mol. The van der Waals surface area contributed by atoms with Gasteiger partial charge in [0.15, 0.2) is 0 Å². The van der Waals surface area contributed by atoms with Gasteiger partial charge in [-0.2, -0.15) is 13.2 Å². The monoisotopic (exact) mass is 459 g/mol. The zero-order chi connectivity index (χ0) is 23.7. The molecule has 0 atom stereocenters. The van der Waals surface area contributed by atoms with Crippen LogP contribution in [-0.2, 0) is 20.6 Å². The number of carbonyl (C=O) groups excluding carboxylic acids is 1. The summed E-state index contributed by atoms with van der Waals surface area (Å²) in [6.45, 7) is 4.10. The number of benzene rings is 1. The van der Waals surface area contributed by atoms with Crippen molar-refractivity contribution >= 4 is 23.5 Å². The molecule has 178 valence electrons. The van der Waals surface area contributed by atoms with Gasteiger partial charge < -0.3 is 20.4 Å². The van der Waals surface area contributed by atoms with Crippen LogP contribution in [0.25, 0.3) is 0 Å². The summed E-state index contributed by atoms with van der Waals surface area (Å²) in [4.78, 5) is 35.0. The summed E-state index contributed by atoms with van der Waals surface area (Å²) in [5.74, 6) is -4.04. The lowest BCUT2D eigenvalue weighted by Crippen LogP contribution is -2.48. The summed E-state index contributed by atoms with van der Waals surface area (Å²) in [6, 6.07) is 5.68. The first-order chi connectivity index (χ1) is 15.1.